The maximum absolute atomic E-state index is 12.3. The lowest BCUT2D eigenvalue weighted by Gasteiger charge is -2.31. The summed E-state index contributed by atoms with van der Waals surface area (Å²) in [7, 11) is 1.78. The molecule has 1 amide bonds. The maximum Gasteiger partial charge on any atom is 0.224 e. The average molecular weight is 335 g/mol. The molecule has 5 nitrogen and oxygen atoms in total. The summed E-state index contributed by atoms with van der Waals surface area (Å²) in [5.74, 6) is 1.70. The molecule has 1 saturated heterocycles. The molecular weight excluding hydrogens is 300 g/mol. The number of rotatable bonds is 6. The standard InChI is InChI=1S/C19H34N4O/c1-16-7-6-14-23(15-16)18(24)11-13-22-19(20-2)21-12-10-17-8-4-3-5-9-17/h8,16H,3-7,9-15H2,1-2H3,(H2,20,21,22). The number of nitrogens with one attached hydrogen (secondary N) is 2. The van der Waals surface area contributed by atoms with Crippen LogP contribution in [0.5, 0.6) is 0 Å². The third kappa shape index (κ3) is 6.54. The Balaban J connectivity index is 1.60. The number of aliphatic imine (C=N–C) groups is 1. The molecule has 1 fully saturated rings. The van der Waals surface area contributed by atoms with Crippen molar-refractivity contribution in [2.24, 2.45) is 10.9 Å². The van der Waals surface area contributed by atoms with Gasteiger partial charge < -0.3 is 15.5 Å². The zero-order valence-corrected chi connectivity index (χ0v) is 15.4. The van der Waals surface area contributed by atoms with Gasteiger partial charge in [0.1, 0.15) is 0 Å². The topological polar surface area (TPSA) is 56.7 Å². The summed E-state index contributed by atoms with van der Waals surface area (Å²) >= 11 is 0. The Kier molecular flexibility index (Phi) is 8.13. The minimum Gasteiger partial charge on any atom is -0.356 e. The van der Waals surface area contributed by atoms with Crippen LogP contribution in [0.3, 0.4) is 0 Å². The second-order valence-electron chi connectivity index (χ2n) is 7.12. The number of carbonyl (C=O) groups excluding carboxylic acids is 1. The first-order valence-electron chi connectivity index (χ1n) is 9.59. The fraction of sp³-hybridized carbons (Fsp3) is 0.789. The van der Waals surface area contributed by atoms with Crippen LogP contribution in [0.25, 0.3) is 0 Å². The predicted molar refractivity (Wildman–Crippen MR) is 100 cm³/mol. The highest BCUT2D eigenvalue weighted by Crippen LogP contribution is 2.19. The van der Waals surface area contributed by atoms with Gasteiger partial charge in [0, 0.05) is 39.6 Å². The van der Waals surface area contributed by atoms with E-state index >= 15 is 0 Å². The molecule has 136 valence electrons. The minimum absolute atomic E-state index is 0.261. The molecule has 1 aliphatic heterocycles. The fourth-order valence-electron chi connectivity index (χ4n) is 3.56. The highest BCUT2D eigenvalue weighted by Gasteiger charge is 2.20. The molecule has 2 aliphatic rings. The molecule has 0 aromatic rings. The van der Waals surface area contributed by atoms with Crippen molar-refractivity contribution in [1.82, 2.24) is 15.5 Å². The van der Waals surface area contributed by atoms with Crippen LogP contribution in [0, 0.1) is 5.92 Å². The summed E-state index contributed by atoms with van der Waals surface area (Å²) in [6.07, 6.45) is 11.5. The number of piperidine rings is 1. The summed E-state index contributed by atoms with van der Waals surface area (Å²) in [5, 5.41) is 6.61. The zero-order chi connectivity index (χ0) is 17.2. The Hall–Kier alpha value is -1.52. The van der Waals surface area contributed by atoms with Crippen LogP contribution in [0.4, 0.5) is 0 Å². The molecule has 2 rings (SSSR count). The van der Waals surface area contributed by atoms with E-state index in [0.29, 0.717) is 18.9 Å². The summed E-state index contributed by atoms with van der Waals surface area (Å²) in [6.45, 7) is 5.62. The molecule has 0 saturated carbocycles. The molecule has 24 heavy (non-hydrogen) atoms. The van der Waals surface area contributed by atoms with E-state index in [1.54, 1.807) is 12.6 Å². The van der Waals surface area contributed by atoms with Crippen LogP contribution in [0.2, 0.25) is 0 Å². The van der Waals surface area contributed by atoms with Crippen molar-refractivity contribution in [2.75, 3.05) is 33.2 Å². The molecule has 1 atom stereocenters. The Bertz CT molecular complexity index is 458. The van der Waals surface area contributed by atoms with Gasteiger partial charge in [-0.1, -0.05) is 18.6 Å². The van der Waals surface area contributed by atoms with Gasteiger partial charge in [-0.15, -0.1) is 0 Å². The van der Waals surface area contributed by atoms with E-state index in [-0.39, 0.29) is 5.91 Å². The number of allylic oxidation sites excluding steroid dienone is 1. The Morgan fingerprint density at radius 2 is 2.12 bits per heavy atom. The number of guanidine groups is 1. The number of amides is 1. The molecule has 0 bridgehead atoms. The van der Waals surface area contributed by atoms with Gasteiger partial charge in [0.2, 0.25) is 5.91 Å². The second kappa shape index (κ2) is 10.4. The normalized spacial score (nSPS) is 22.1. The first kappa shape index (κ1) is 18.8. The van der Waals surface area contributed by atoms with Crippen LogP contribution in [-0.4, -0.2) is 50.0 Å². The molecule has 5 heteroatoms. The lowest BCUT2D eigenvalue weighted by Crippen LogP contribution is -2.42. The highest BCUT2D eigenvalue weighted by molar-refractivity contribution is 5.81. The van der Waals surface area contributed by atoms with Crippen molar-refractivity contribution >= 4 is 11.9 Å². The molecule has 0 aromatic carbocycles. The van der Waals surface area contributed by atoms with Gasteiger partial charge in [-0.05, 0) is 50.9 Å². The van der Waals surface area contributed by atoms with E-state index in [1.165, 1.54) is 32.1 Å². The SMILES string of the molecule is CN=C(NCCC(=O)N1CCCC(C)C1)NCCC1=CCCCC1. The van der Waals surface area contributed by atoms with Gasteiger partial charge in [-0.2, -0.15) is 0 Å². The maximum atomic E-state index is 12.3. The second-order valence-corrected chi connectivity index (χ2v) is 7.12. The van der Waals surface area contributed by atoms with Crippen molar-refractivity contribution in [3.05, 3.63) is 11.6 Å². The van der Waals surface area contributed by atoms with Gasteiger partial charge in [0.15, 0.2) is 5.96 Å². The molecule has 1 aliphatic carbocycles. The summed E-state index contributed by atoms with van der Waals surface area (Å²) < 4.78 is 0. The quantitative estimate of drug-likeness (QED) is 0.446. The smallest absolute Gasteiger partial charge is 0.224 e. The number of hydrogen-bond acceptors (Lipinski definition) is 2. The molecule has 0 spiro atoms. The van der Waals surface area contributed by atoms with E-state index in [2.05, 4.69) is 28.6 Å². The monoisotopic (exact) mass is 334 g/mol. The van der Waals surface area contributed by atoms with Crippen LogP contribution in [0.1, 0.15) is 58.3 Å². The lowest BCUT2D eigenvalue weighted by molar-refractivity contribution is -0.132. The number of nitrogens with zero attached hydrogens (tertiary/aromatic N) is 2. The molecule has 1 heterocycles. The van der Waals surface area contributed by atoms with Gasteiger partial charge in [-0.25, -0.2) is 0 Å². The lowest BCUT2D eigenvalue weighted by atomic mass is 9.97. The fourth-order valence-corrected chi connectivity index (χ4v) is 3.56. The summed E-state index contributed by atoms with van der Waals surface area (Å²) in [6, 6.07) is 0. The van der Waals surface area contributed by atoms with Gasteiger partial charge in [0.25, 0.3) is 0 Å². The van der Waals surface area contributed by atoms with Crippen LogP contribution in [-0.2, 0) is 4.79 Å². The van der Waals surface area contributed by atoms with Crippen LogP contribution in [0.15, 0.2) is 16.6 Å². The molecule has 1 unspecified atom stereocenters. The van der Waals surface area contributed by atoms with E-state index < -0.39 is 0 Å². The summed E-state index contributed by atoms with van der Waals surface area (Å²) in [5.41, 5.74) is 1.57. The van der Waals surface area contributed by atoms with Crippen molar-refractivity contribution in [3.8, 4) is 0 Å². The largest absolute Gasteiger partial charge is 0.356 e. The molecule has 2 N–H and O–H groups in total. The zero-order valence-electron chi connectivity index (χ0n) is 15.4. The number of hydrogen-bond donors (Lipinski definition) is 2. The van der Waals surface area contributed by atoms with Crippen molar-refractivity contribution in [3.63, 3.8) is 0 Å². The van der Waals surface area contributed by atoms with E-state index in [0.717, 1.165) is 38.4 Å². The van der Waals surface area contributed by atoms with Crippen molar-refractivity contribution in [2.45, 2.75) is 58.3 Å². The first-order valence-corrected chi connectivity index (χ1v) is 9.59. The van der Waals surface area contributed by atoms with Crippen molar-refractivity contribution in [1.29, 1.82) is 0 Å². The Labute approximate surface area is 147 Å². The minimum atomic E-state index is 0.261. The molecule has 0 radical (unpaired) electrons. The van der Waals surface area contributed by atoms with Crippen molar-refractivity contribution < 1.29 is 4.79 Å². The predicted octanol–water partition coefficient (Wildman–Crippen LogP) is 2.69. The van der Waals surface area contributed by atoms with Gasteiger partial charge in [-0.3, -0.25) is 9.79 Å². The van der Waals surface area contributed by atoms with E-state index in [1.807, 2.05) is 4.90 Å². The molecular formula is C19H34N4O. The number of carbonyl (C=O) groups is 1. The number of likely N-dealkylation sites (tertiary alicyclic amines) is 1. The summed E-state index contributed by atoms with van der Waals surface area (Å²) in [4.78, 5) is 18.5. The van der Waals surface area contributed by atoms with Gasteiger partial charge in [0.05, 0.1) is 0 Å². The van der Waals surface area contributed by atoms with Gasteiger partial charge >= 0.3 is 0 Å². The van der Waals surface area contributed by atoms with E-state index in [9.17, 15) is 4.79 Å². The Morgan fingerprint density at radius 3 is 2.83 bits per heavy atom. The highest BCUT2D eigenvalue weighted by atomic mass is 16.2. The molecule has 0 aromatic heterocycles. The Morgan fingerprint density at radius 1 is 1.29 bits per heavy atom. The average Bonchev–Trinajstić information content (AvgIpc) is 2.61. The third-order valence-electron chi connectivity index (χ3n) is 4.99. The van der Waals surface area contributed by atoms with Crippen LogP contribution < -0.4 is 10.6 Å². The van der Waals surface area contributed by atoms with E-state index in [4.69, 9.17) is 0 Å². The van der Waals surface area contributed by atoms with Crippen LogP contribution >= 0.6 is 0 Å². The first-order chi connectivity index (χ1) is 11.7. The third-order valence-corrected chi connectivity index (χ3v) is 4.99.